The van der Waals surface area contributed by atoms with Crippen LogP contribution < -0.4 is 15.3 Å². The first-order valence-corrected chi connectivity index (χ1v) is 12.7. The molecule has 188 valence electrons. The Hall–Kier alpha value is -4.40. The number of aromatic nitrogens is 5. The summed E-state index contributed by atoms with van der Waals surface area (Å²) >= 11 is 0. The van der Waals surface area contributed by atoms with Crippen LogP contribution in [0.2, 0.25) is 0 Å². The molecule has 1 amide bonds. The van der Waals surface area contributed by atoms with Crippen molar-refractivity contribution in [3.05, 3.63) is 83.0 Å². The van der Waals surface area contributed by atoms with Crippen molar-refractivity contribution < 1.29 is 9.53 Å². The molecule has 2 aromatic carbocycles. The van der Waals surface area contributed by atoms with Gasteiger partial charge in [-0.2, -0.15) is 5.10 Å². The zero-order valence-corrected chi connectivity index (χ0v) is 20.7. The summed E-state index contributed by atoms with van der Waals surface area (Å²) in [4.78, 5) is 26.9. The fourth-order valence-corrected chi connectivity index (χ4v) is 4.71. The number of nitrogens with zero attached hydrogens (tertiary/aromatic N) is 6. The summed E-state index contributed by atoms with van der Waals surface area (Å²) in [6.45, 7) is 3.94. The van der Waals surface area contributed by atoms with Gasteiger partial charge in [0.25, 0.3) is 0 Å². The van der Waals surface area contributed by atoms with Crippen molar-refractivity contribution >= 4 is 22.8 Å². The number of carbonyl (C=O) groups excluding carboxylic acids is 1. The number of carbonyl (C=O) groups is 1. The Kier molecular flexibility index (Phi) is 5.96. The molecule has 37 heavy (non-hydrogen) atoms. The van der Waals surface area contributed by atoms with Crippen molar-refractivity contribution in [3.63, 3.8) is 0 Å². The molecule has 0 atom stereocenters. The zero-order valence-electron chi connectivity index (χ0n) is 20.7. The third kappa shape index (κ3) is 4.37. The Balaban J connectivity index is 1.26. The molecule has 0 N–H and O–H groups in total. The summed E-state index contributed by atoms with van der Waals surface area (Å²) in [5, 5.41) is 9.33. The SMILES string of the molecule is CCCCOc1ccc(-c2cc3c4nn(Cc5ccc(N6CCCC6=O)cc5)c(=O)n4ccn3n2)cc1. The molecular formula is C28H28N6O3. The van der Waals surface area contributed by atoms with Crippen LogP contribution in [0.4, 0.5) is 5.69 Å². The van der Waals surface area contributed by atoms with Crippen LogP contribution in [0, 0.1) is 0 Å². The normalized spacial score (nSPS) is 13.8. The van der Waals surface area contributed by atoms with Gasteiger partial charge in [-0.3, -0.25) is 4.79 Å². The van der Waals surface area contributed by atoms with Crippen LogP contribution in [0.15, 0.2) is 71.8 Å². The van der Waals surface area contributed by atoms with Gasteiger partial charge in [0.1, 0.15) is 11.3 Å². The lowest BCUT2D eigenvalue weighted by Crippen LogP contribution is -2.24. The van der Waals surface area contributed by atoms with Crippen LogP contribution in [-0.2, 0) is 11.3 Å². The number of rotatable bonds is 8. The van der Waals surface area contributed by atoms with Crippen LogP contribution in [-0.4, -0.2) is 42.9 Å². The first kappa shape index (κ1) is 23.0. The molecule has 0 unspecified atom stereocenters. The van der Waals surface area contributed by atoms with Gasteiger partial charge in [0, 0.05) is 36.6 Å². The summed E-state index contributed by atoms with van der Waals surface area (Å²) in [6, 6.07) is 17.6. The number of unbranched alkanes of at least 4 members (excludes halogenated alkanes) is 1. The fourth-order valence-electron chi connectivity index (χ4n) is 4.71. The molecule has 0 bridgehead atoms. The number of benzene rings is 2. The molecule has 0 saturated carbocycles. The molecule has 6 rings (SSSR count). The molecule has 1 saturated heterocycles. The summed E-state index contributed by atoms with van der Waals surface area (Å²) in [5.74, 6) is 0.999. The summed E-state index contributed by atoms with van der Waals surface area (Å²) in [5.41, 5.74) is 4.66. The third-order valence-electron chi connectivity index (χ3n) is 6.76. The predicted molar refractivity (Wildman–Crippen MR) is 141 cm³/mol. The van der Waals surface area contributed by atoms with Crippen molar-refractivity contribution in [2.45, 2.75) is 39.2 Å². The molecule has 1 fully saturated rings. The molecule has 0 radical (unpaired) electrons. The molecule has 0 aliphatic carbocycles. The monoisotopic (exact) mass is 496 g/mol. The van der Waals surface area contributed by atoms with E-state index in [9.17, 15) is 9.59 Å². The van der Waals surface area contributed by atoms with Crippen LogP contribution in [0.5, 0.6) is 5.75 Å². The van der Waals surface area contributed by atoms with E-state index >= 15 is 0 Å². The van der Waals surface area contributed by atoms with Crippen molar-refractivity contribution in [1.29, 1.82) is 0 Å². The van der Waals surface area contributed by atoms with Crippen LogP contribution in [0.3, 0.4) is 0 Å². The highest BCUT2D eigenvalue weighted by Crippen LogP contribution is 2.25. The number of fused-ring (bicyclic) bond motifs is 3. The lowest BCUT2D eigenvalue weighted by molar-refractivity contribution is -0.117. The topological polar surface area (TPSA) is 86.1 Å². The average Bonchev–Trinajstić information content (AvgIpc) is 3.63. The Bertz CT molecular complexity index is 1630. The van der Waals surface area contributed by atoms with Crippen molar-refractivity contribution in [2.75, 3.05) is 18.1 Å². The van der Waals surface area contributed by atoms with Gasteiger partial charge >= 0.3 is 5.69 Å². The van der Waals surface area contributed by atoms with Gasteiger partial charge in [0.2, 0.25) is 5.91 Å². The standard InChI is InChI=1S/C28H28N6O3/c1-2-3-17-37-23-12-8-21(9-13-23)24-18-25-27-30-34(28(36)32(27)15-16-33(25)29-24)19-20-6-10-22(11-7-20)31-14-4-5-26(31)35/h6-13,15-16,18H,2-5,14,17,19H2,1H3. The maximum atomic E-state index is 13.1. The van der Waals surface area contributed by atoms with E-state index in [1.165, 1.54) is 4.68 Å². The largest absolute Gasteiger partial charge is 0.494 e. The van der Waals surface area contributed by atoms with Gasteiger partial charge in [0.05, 0.1) is 18.8 Å². The molecule has 3 aromatic heterocycles. The zero-order chi connectivity index (χ0) is 25.4. The van der Waals surface area contributed by atoms with E-state index in [1.807, 2.05) is 59.5 Å². The number of amides is 1. The first-order chi connectivity index (χ1) is 18.1. The van der Waals surface area contributed by atoms with Crippen LogP contribution >= 0.6 is 0 Å². The molecule has 5 aromatic rings. The Morgan fingerprint density at radius 1 is 0.973 bits per heavy atom. The molecule has 1 aliphatic rings. The van der Waals surface area contributed by atoms with E-state index in [1.54, 1.807) is 21.3 Å². The van der Waals surface area contributed by atoms with Gasteiger partial charge in [-0.1, -0.05) is 25.5 Å². The van der Waals surface area contributed by atoms with E-state index in [0.717, 1.165) is 59.6 Å². The third-order valence-corrected chi connectivity index (χ3v) is 6.76. The molecule has 0 spiro atoms. The second kappa shape index (κ2) is 9.57. The van der Waals surface area contributed by atoms with Gasteiger partial charge in [0.15, 0.2) is 5.65 Å². The number of hydrogen-bond donors (Lipinski definition) is 0. The van der Waals surface area contributed by atoms with Gasteiger partial charge in [-0.05, 0) is 60.9 Å². The van der Waals surface area contributed by atoms with E-state index in [4.69, 9.17) is 9.84 Å². The highest BCUT2D eigenvalue weighted by Gasteiger charge is 2.21. The van der Waals surface area contributed by atoms with Gasteiger partial charge < -0.3 is 9.64 Å². The first-order valence-electron chi connectivity index (χ1n) is 12.7. The second-order valence-corrected chi connectivity index (χ2v) is 9.33. The summed E-state index contributed by atoms with van der Waals surface area (Å²) in [7, 11) is 0. The summed E-state index contributed by atoms with van der Waals surface area (Å²) < 4.78 is 10.5. The molecule has 9 nitrogen and oxygen atoms in total. The summed E-state index contributed by atoms with van der Waals surface area (Å²) in [6.07, 6.45) is 7.07. The number of hydrogen-bond acceptors (Lipinski definition) is 5. The quantitative estimate of drug-likeness (QED) is 0.301. The van der Waals surface area contributed by atoms with Crippen molar-refractivity contribution in [2.24, 2.45) is 0 Å². The van der Waals surface area contributed by atoms with Crippen LogP contribution in [0.1, 0.15) is 38.2 Å². The maximum absolute atomic E-state index is 13.1. The minimum absolute atomic E-state index is 0.157. The molecule has 4 heterocycles. The minimum atomic E-state index is -0.215. The average molecular weight is 497 g/mol. The highest BCUT2D eigenvalue weighted by molar-refractivity contribution is 5.95. The van der Waals surface area contributed by atoms with Crippen molar-refractivity contribution in [1.82, 2.24) is 23.8 Å². The smallest absolute Gasteiger partial charge is 0.350 e. The molecule has 9 heteroatoms. The second-order valence-electron chi connectivity index (χ2n) is 9.33. The van der Waals surface area contributed by atoms with Gasteiger partial charge in [-0.25, -0.2) is 18.4 Å². The van der Waals surface area contributed by atoms with E-state index in [-0.39, 0.29) is 11.6 Å². The fraction of sp³-hybridized carbons (Fsp3) is 0.286. The van der Waals surface area contributed by atoms with Crippen LogP contribution in [0.25, 0.3) is 22.4 Å². The Morgan fingerprint density at radius 2 is 1.78 bits per heavy atom. The minimum Gasteiger partial charge on any atom is -0.494 e. The predicted octanol–water partition coefficient (Wildman–Crippen LogP) is 4.16. The van der Waals surface area contributed by atoms with E-state index in [2.05, 4.69) is 12.0 Å². The lowest BCUT2D eigenvalue weighted by Gasteiger charge is -2.15. The Labute approximate surface area is 213 Å². The number of ether oxygens (including phenoxy) is 1. The van der Waals surface area contributed by atoms with E-state index in [0.29, 0.717) is 25.2 Å². The molecular weight excluding hydrogens is 468 g/mol. The maximum Gasteiger partial charge on any atom is 0.350 e. The van der Waals surface area contributed by atoms with Gasteiger partial charge in [-0.15, -0.1) is 5.10 Å². The van der Waals surface area contributed by atoms with Crippen molar-refractivity contribution in [3.8, 4) is 17.0 Å². The highest BCUT2D eigenvalue weighted by atomic mass is 16.5. The Morgan fingerprint density at radius 3 is 2.51 bits per heavy atom. The molecule has 1 aliphatic heterocycles. The van der Waals surface area contributed by atoms with E-state index < -0.39 is 0 Å². The lowest BCUT2D eigenvalue weighted by atomic mass is 10.1. The number of anilines is 1.